The number of hydrogen-bond acceptors (Lipinski definition) is 6. The molecule has 0 saturated carbocycles. The Hall–Kier alpha value is -1.02. The molecule has 0 bridgehead atoms. The Kier molecular flexibility index (Phi) is 9.96. The highest BCUT2D eigenvalue weighted by Gasteiger charge is 2.38. The normalized spacial score (nSPS) is 23.8. The molecule has 3 heterocycles. The topological polar surface area (TPSA) is 66.0 Å². The van der Waals surface area contributed by atoms with Crippen LogP contribution in [0.25, 0.3) is 0 Å². The van der Waals surface area contributed by atoms with Crippen LogP contribution in [0.1, 0.15) is 86.5 Å². The molecule has 34 heavy (non-hydrogen) atoms. The molecule has 2 fully saturated rings. The summed E-state index contributed by atoms with van der Waals surface area (Å²) in [6.45, 7) is 15.6. The van der Waals surface area contributed by atoms with Crippen molar-refractivity contribution in [2.75, 3.05) is 26.4 Å². The summed E-state index contributed by atoms with van der Waals surface area (Å²) in [5.41, 5.74) is 2.21. The number of carbonyl (C=O) groups excluding carboxylic acids is 1. The van der Waals surface area contributed by atoms with Gasteiger partial charge in [-0.25, -0.2) is 0 Å². The van der Waals surface area contributed by atoms with Crippen molar-refractivity contribution in [3.05, 3.63) is 23.1 Å². The van der Waals surface area contributed by atoms with Crippen LogP contribution in [0, 0.1) is 5.41 Å². The summed E-state index contributed by atoms with van der Waals surface area (Å²) in [5, 5.41) is 3.53. The number of rotatable bonds is 10. The van der Waals surface area contributed by atoms with Gasteiger partial charge in [0.25, 0.3) is 0 Å². The van der Waals surface area contributed by atoms with Gasteiger partial charge >= 0.3 is 0 Å². The minimum atomic E-state index is -0.552. The molecule has 0 spiro atoms. The van der Waals surface area contributed by atoms with E-state index in [0.717, 1.165) is 64.8 Å². The van der Waals surface area contributed by atoms with Crippen LogP contribution in [0.5, 0.6) is 0 Å². The predicted molar refractivity (Wildman–Crippen MR) is 138 cm³/mol. The average molecular weight is 496 g/mol. The molecule has 194 valence electrons. The van der Waals surface area contributed by atoms with E-state index in [-0.39, 0.29) is 23.7 Å². The number of carbonyl (C=O) groups is 1. The van der Waals surface area contributed by atoms with Crippen molar-refractivity contribution < 1.29 is 23.7 Å². The highest BCUT2D eigenvalue weighted by molar-refractivity contribution is 8.01. The van der Waals surface area contributed by atoms with E-state index in [1.807, 2.05) is 19.9 Å². The number of amides is 1. The second-order valence-electron chi connectivity index (χ2n) is 10.6. The Morgan fingerprint density at radius 3 is 2.50 bits per heavy atom. The van der Waals surface area contributed by atoms with Crippen molar-refractivity contribution in [2.45, 2.75) is 109 Å². The highest BCUT2D eigenvalue weighted by atomic mass is 32.2. The van der Waals surface area contributed by atoms with Crippen molar-refractivity contribution in [2.24, 2.45) is 5.41 Å². The first-order valence-electron chi connectivity index (χ1n) is 13.1. The largest absolute Gasteiger partial charge is 0.474 e. The smallest absolute Gasteiger partial charge is 0.242 e. The third-order valence-corrected chi connectivity index (χ3v) is 8.80. The van der Waals surface area contributed by atoms with Crippen molar-refractivity contribution in [1.29, 1.82) is 0 Å². The molecule has 2 unspecified atom stereocenters. The summed E-state index contributed by atoms with van der Waals surface area (Å²) in [5.74, 6) is 0.515. The third kappa shape index (κ3) is 7.02. The molecule has 7 heteroatoms. The van der Waals surface area contributed by atoms with Crippen LogP contribution in [-0.2, 0) is 23.7 Å². The van der Waals surface area contributed by atoms with Crippen molar-refractivity contribution >= 4 is 17.7 Å². The van der Waals surface area contributed by atoms with E-state index in [1.54, 1.807) is 11.8 Å². The number of hydrogen-bond donors (Lipinski definition) is 1. The average Bonchev–Trinajstić information content (AvgIpc) is 2.83. The molecule has 0 aromatic heterocycles. The third-order valence-electron chi connectivity index (χ3n) is 7.22. The quantitative estimate of drug-likeness (QED) is 0.418. The summed E-state index contributed by atoms with van der Waals surface area (Å²) in [6, 6.07) is 0. The molecular weight excluding hydrogens is 450 g/mol. The van der Waals surface area contributed by atoms with Crippen LogP contribution in [0.3, 0.4) is 0 Å². The van der Waals surface area contributed by atoms with Crippen molar-refractivity contribution in [1.82, 2.24) is 5.32 Å². The van der Waals surface area contributed by atoms with Gasteiger partial charge < -0.3 is 18.9 Å². The van der Waals surface area contributed by atoms with Gasteiger partial charge in [0, 0.05) is 36.6 Å². The number of nitrogens with one attached hydrogen (secondary N) is 1. The first-order valence-corrected chi connectivity index (χ1v) is 14.0. The summed E-state index contributed by atoms with van der Waals surface area (Å²) in [7, 11) is 0. The van der Waals surface area contributed by atoms with Crippen molar-refractivity contribution in [3.8, 4) is 0 Å². The lowest BCUT2D eigenvalue weighted by Gasteiger charge is -2.40. The standard InChI is InChI=1S/C27H45NO5S/c1-7-19-18-32-23(28-25(29)27(5,6)34-20-12-15-30-16-13-20)17-21(19)26(3,4)22(8-2)33-24-11-9-10-14-31-24/h17,20,22,24H,7-16,18H2,1-6H3,(H,28,29). The molecule has 3 aliphatic rings. The van der Waals surface area contributed by atoms with Gasteiger partial charge in [-0.05, 0) is 69.9 Å². The lowest BCUT2D eigenvalue weighted by atomic mass is 9.74. The molecule has 0 aliphatic carbocycles. The SMILES string of the molecule is CCC1=C(C(C)(C)C(CC)OC2CCCCO2)C=C(NC(=O)C(C)(C)SC2CCOCC2)OC1. The molecule has 0 aromatic rings. The van der Waals surface area contributed by atoms with Crippen LogP contribution in [-0.4, -0.2) is 54.7 Å². The van der Waals surface area contributed by atoms with Gasteiger partial charge in [0.15, 0.2) is 12.2 Å². The van der Waals surface area contributed by atoms with Gasteiger partial charge in [0.1, 0.15) is 6.61 Å². The zero-order valence-electron chi connectivity index (χ0n) is 22.0. The van der Waals surface area contributed by atoms with E-state index in [0.29, 0.717) is 17.7 Å². The lowest BCUT2D eigenvalue weighted by Crippen LogP contribution is -2.43. The van der Waals surface area contributed by atoms with Gasteiger partial charge in [-0.2, -0.15) is 0 Å². The minimum absolute atomic E-state index is 0.0129. The van der Waals surface area contributed by atoms with Gasteiger partial charge in [-0.15, -0.1) is 11.8 Å². The van der Waals surface area contributed by atoms with E-state index in [1.165, 1.54) is 11.1 Å². The van der Waals surface area contributed by atoms with Crippen molar-refractivity contribution in [3.63, 3.8) is 0 Å². The maximum Gasteiger partial charge on any atom is 0.242 e. The first kappa shape index (κ1) is 27.6. The van der Waals surface area contributed by atoms with Crippen LogP contribution >= 0.6 is 11.8 Å². The molecule has 0 aromatic carbocycles. The molecule has 2 atom stereocenters. The maximum absolute atomic E-state index is 13.2. The molecule has 3 aliphatic heterocycles. The Morgan fingerprint density at radius 1 is 1.15 bits per heavy atom. The molecule has 2 saturated heterocycles. The van der Waals surface area contributed by atoms with Gasteiger partial charge in [0.05, 0.1) is 10.9 Å². The van der Waals surface area contributed by atoms with E-state index in [4.69, 9.17) is 18.9 Å². The molecule has 1 N–H and O–H groups in total. The van der Waals surface area contributed by atoms with Crippen LogP contribution in [0.2, 0.25) is 0 Å². The summed E-state index contributed by atoms with van der Waals surface area (Å²) >= 11 is 1.74. The van der Waals surface area contributed by atoms with Crippen LogP contribution < -0.4 is 5.32 Å². The molecular formula is C27H45NO5S. The highest BCUT2D eigenvalue weighted by Crippen LogP contribution is 2.41. The Morgan fingerprint density at radius 2 is 1.88 bits per heavy atom. The van der Waals surface area contributed by atoms with E-state index in [2.05, 4.69) is 33.0 Å². The first-order chi connectivity index (χ1) is 16.2. The fourth-order valence-electron chi connectivity index (χ4n) is 5.00. The van der Waals surface area contributed by atoms with Crippen LogP contribution in [0.4, 0.5) is 0 Å². The maximum atomic E-state index is 13.2. The molecule has 3 rings (SSSR count). The molecule has 0 radical (unpaired) electrons. The van der Waals surface area contributed by atoms with Gasteiger partial charge in [0.2, 0.25) is 5.91 Å². The fraction of sp³-hybridized carbons (Fsp3) is 0.815. The summed E-state index contributed by atoms with van der Waals surface area (Å²) < 4.78 is 23.3. The van der Waals surface area contributed by atoms with E-state index < -0.39 is 4.75 Å². The zero-order valence-corrected chi connectivity index (χ0v) is 22.9. The van der Waals surface area contributed by atoms with E-state index in [9.17, 15) is 4.79 Å². The van der Waals surface area contributed by atoms with Gasteiger partial charge in [-0.3, -0.25) is 10.1 Å². The predicted octanol–water partition coefficient (Wildman–Crippen LogP) is 5.72. The molecule has 6 nitrogen and oxygen atoms in total. The number of ether oxygens (including phenoxy) is 4. The monoisotopic (exact) mass is 495 g/mol. The Labute approximate surface area is 210 Å². The number of allylic oxidation sites excluding steroid dienone is 1. The summed E-state index contributed by atoms with van der Waals surface area (Å²) in [4.78, 5) is 13.2. The number of thioether (sulfide) groups is 1. The van der Waals surface area contributed by atoms with E-state index >= 15 is 0 Å². The minimum Gasteiger partial charge on any atom is -0.474 e. The fourth-order valence-corrected chi connectivity index (χ4v) is 6.42. The Balaban J connectivity index is 1.73. The van der Waals surface area contributed by atoms with Gasteiger partial charge in [-0.1, -0.05) is 27.7 Å². The van der Waals surface area contributed by atoms with Crippen LogP contribution in [0.15, 0.2) is 23.1 Å². The Bertz CT molecular complexity index is 748. The second-order valence-corrected chi connectivity index (χ2v) is 12.5. The second kappa shape index (κ2) is 12.3. The summed E-state index contributed by atoms with van der Waals surface area (Å²) in [6.07, 6.45) is 8.89. The zero-order chi connectivity index (χ0) is 24.8. The lowest BCUT2D eigenvalue weighted by molar-refractivity contribution is -0.205. The molecule has 1 amide bonds.